The molecular formula is C11H13NO2. The molecule has 1 aromatic rings. The Labute approximate surface area is 83.3 Å². The van der Waals surface area contributed by atoms with Crippen LogP contribution < -0.4 is 9.64 Å². The lowest BCUT2D eigenvalue weighted by atomic mass is 10.0. The maximum absolute atomic E-state index is 11.4. The van der Waals surface area contributed by atoms with Crippen molar-refractivity contribution >= 4 is 11.6 Å². The van der Waals surface area contributed by atoms with Crippen molar-refractivity contribution in [3.05, 3.63) is 23.8 Å². The van der Waals surface area contributed by atoms with E-state index >= 15 is 0 Å². The van der Waals surface area contributed by atoms with Gasteiger partial charge < -0.3 is 9.64 Å². The third-order valence-corrected chi connectivity index (χ3v) is 2.65. The maximum atomic E-state index is 11.4. The third-order valence-electron chi connectivity index (χ3n) is 2.65. The van der Waals surface area contributed by atoms with Crippen LogP contribution in [0.3, 0.4) is 0 Å². The summed E-state index contributed by atoms with van der Waals surface area (Å²) in [6.45, 7) is 0. The van der Waals surface area contributed by atoms with Gasteiger partial charge in [-0.1, -0.05) is 6.07 Å². The van der Waals surface area contributed by atoms with E-state index in [2.05, 4.69) is 0 Å². The van der Waals surface area contributed by atoms with Gasteiger partial charge >= 0.3 is 0 Å². The molecule has 0 unspecified atom stereocenters. The average Bonchev–Trinajstić information content (AvgIpc) is 2.23. The van der Waals surface area contributed by atoms with Crippen molar-refractivity contribution in [1.82, 2.24) is 0 Å². The molecule has 0 fully saturated rings. The van der Waals surface area contributed by atoms with E-state index in [9.17, 15) is 4.79 Å². The van der Waals surface area contributed by atoms with E-state index in [1.54, 1.807) is 19.1 Å². The van der Waals surface area contributed by atoms with Gasteiger partial charge in [0.2, 0.25) is 5.91 Å². The number of nitrogens with zero attached hydrogens (tertiary/aromatic N) is 1. The zero-order chi connectivity index (χ0) is 10.1. The fourth-order valence-corrected chi connectivity index (χ4v) is 1.84. The molecule has 0 atom stereocenters. The first-order chi connectivity index (χ1) is 6.74. The Hall–Kier alpha value is -1.51. The number of carbonyl (C=O) groups is 1. The van der Waals surface area contributed by atoms with Crippen LogP contribution >= 0.6 is 0 Å². The summed E-state index contributed by atoms with van der Waals surface area (Å²) in [5.74, 6) is 1.05. The Morgan fingerprint density at radius 3 is 2.86 bits per heavy atom. The Morgan fingerprint density at radius 2 is 2.14 bits per heavy atom. The van der Waals surface area contributed by atoms with Crippen molar-refractivity contribution in [1.29, 1.82) is 0 Å². The number of amides is 1. The molecule has 74 valence electrons. The molecule has 0 spiro atoms. The van der Waals surface area contributed by atoms with Crippen molar-refractivity contribution in [2.24, 2.45) is 0 Å². The summed E-state index contributed by atoms with van der Waals surface area (Å²) in [6.07, 6.45) is 1.35. The van der Waals surface area contributed by atoms with Crippen LogP contribution in [0.2, 0.25) is 0 Å². The molecular weight excluding hydrogens is 178 g/mol. The molecule has 1 aliphatic heterocycles. The van der Waals surface area contributed by atoms with Gasteiger partial charge in [-0.2, -0.15) is 0 Å². The van der Waals surface area contributed by atoms with Crippen molar-refractivity contribution in [2.45, 2.75) is 12.8 Å². The van der Waals surface area contributed by atoms with Gasteiger partial charge in [0, 0.05) is 19.0 Å². The van der Waals surface area contributed by atoms with Gasteiger partial charge in [0.1, 0.15) is 5.75 Å². The van der Waals surface area contributed by atoms with Crippen molar-refractivity contribution in [3.8, 4) is 5.75 Å². The normalized spacial score (nSPS) is 15.3. The van der Waals surface area contributed by atoms with E-state index in [-0.39, 0.29) is 5.91 Å². The molecule has 1 heterocycles. The zero-order valence-corrected chi connectivity index (χ0v) is 8.41. The Morgan fingerprint density at radius 1 is 1.36 bits per heavy atom. The lowest BCUT2D eigenvalue weighted by molar-refractivity contribution is -0.118. The smallest absolute Gasteiger partial charge is 0.227 e. The second-order valence-corrected chi connectivity index (χ2v) is 3.41. The summed E-state index contributed by atoms with van der Waals surface area (Å²) in [4.78, 5) is 13.1. The van der Waals surface area contributed by atoms with E-state index in [1.807, 2.05) is 18.2 Å². The molecule has 0 aromatic heterocycles. The Balaban J connectivity index is 2.52. The van der Waals surface area contributed by atoms with Crippen molar-refractivity contribution in [3.63, 3.8) is 0 Å². The van der Waals surface area contributed by atoms with Gasteiger partial charge in [0.25, 0.3) is 0 Å². The van der Waals surface area contributed by atoms with E-state index < -0.39 is 0 Å². The molecule has 0 bridgehead atoms. The van der Waals surface area contributed by atoms with Gasteiger partial charge in [0.15, 0.2) is 0 Å². The van der Waals surface area contributed by atoms with Crippen LogP contribution in [0.25, 0.3) is 0 Å². The topological polar surface area (TPSA) is 29.5 Å². The number of methoxy groups -OCH3 is 1. The molecule has 0 aliphatic carbocycles. The molecule has 1 aromatic carbocycles. The SMILES string of the molecule is COc1cccc2c1CCC(=O)N2C. The van der Waals surface area contributed by atoms with Crippen LogP contribution in [0.5, 0.6) is 5.75 Å². The summed E-state index contributed by atoms with van der Waals surface area (Å²) in [7, 11) is 3.46. The Bertz CT molecular complexity index is 374. The number of hydrogen-bond acceptors (Lipinski definition) is 2. The highest BCUT2D eigenvalue weighted by Crippen LogP contribution is 2.33. The number of rotatable bonds is 1. The first kappa shape index (κ1) is 9.06. The highest BCUT2D eigenvalue weighted by Gasteiger charge is 2.22. The predicted molar refractivity (Wildman–Crippen MR) is 54.7 cm³/mol. The summed E-state index contributed by atoms with van der Waals surface area (Å²) in [5, 5.41) is 0. The minimum atomic E-state index is 0.172. The molecule has 0 radical (unpaired) electrons. The fraction of sp³-hybridized carbons (Fsp3) is 0.364. The largest absolute Gasteiger partial charge is 0.496 e. The summed E-state index contributed by atoms with van der Waals surface area (Å²) in [5.41, 5.74) is 2.11. The highest BCUT2D eigenvalue weighted by atomic mass is 16.5. The highest BCUT2D eigenvalue weighted by molar-refractivity contribution is 5.96. The van der Waals surface area contributed by atoms with E-state index in [1.165, 1.54) is 0 Å². The van der Waals surface area contributed by atoms with Crippen LogP contribution in [0.1, 0.15) is 12.0 Å². The molecule has 14 heavy (non-hydrogen) atoms. The maximum Gasteiger partial charge on any atom is 0.227 e. The summed E-state index contributed by atoms with van der Waals surface area (Å²) < 4.78 is 5.26. The fourth-order valence-electron chi connectivity index (χ4n) is 1.84. The number of carbonyl (C=O) groups excluding carboxylic acids is 1. The summed E-state index contributed by atoms with van der Waals surface area (Å²) in [6, 6.07) is 5.80. The van der Waals surface area contributed by atoms with Crippen LogP contribution in [-0.4, -0.2) is 20.1 Å². The molecule has 0 saturated heterocycles. The van der Waals surface area contributed by atoms with Gasteiger partial charge in [0.05, 0.1) is 12.8 Å². The number of benzene rings is 1. The second kappa shape index (κ2) is 3.33. The third kappa shape index (κ3) is 1.25. The molecule has 0 N–H and O–H groups in total. The van der Waals surface area contributed by atoms with Gasteiger partial charge in [-0.05, 0) is 18.6 Å². The molecule has 1 amide bonds. The molecule has 2 rings (SSSR count). The van der Waals surface area contributed by atoms with Crippen molar-refractivity contribution in [2.75, 3.05) is 19.1 Å². The van der Waals surface area contributed by atoms with Gasteiger partial charge in [-0.15, -0.1) is 0 Å². The Kier molecular flexibility index (Phi) is 2.15. The van der Waals surface area contributed by atoms with E-state index in [0.29, 0.717) is 6.42 Å². The zero-order valence-electron chi connectivity index (χ0n) is 8.41. The van der Waals surface area contributed by atoms with Crippen LogP contribution in [-0.2, 0) is 11.2 Å². The molecule has 0 saturated carbocycles. The van der Waals surface area contributed by atoms with Crippen LogP contribution in [0.15, 0.2) is 18.2 Å². The quantitative estimate of drug-likeness (QED) is 0.674. The monoisotopic (exact) mass is 191 g/mol. The lowest BCUT2D eigenvalue weighted by Crippen LogP contribution is -2.31. The standard InChI is InChI=1S/C11H13NO2/c1-12-9-4-3-5-10(14-2)8(9)6-7-11(12)13/h3-5H,6-7H2,1-2H3. The van der Waals surface area contributed by atoms with E-state index in [0.717, 1.165) is 23.4 Å². The molecule has 3 nitrogen and oxygen atoms in total. The first-order valence-corrected chi connectivity index (χ1v) is 4.66. The molecule has 3 heteroatoms. The van der Waals surface area contributed by atoms with Crippen LogP contribution in [0.4, 0.5) is 5.69 Å². The number of hydrogen-bond donors (Lipinski definition) is 0. The van der Waals surface area contributed by atoms with Crippen LogP contribution in [0, 0.1) is 0 Å². The van der Waals surface area contributed by atoms with E-state index in [4.69, 9.17) is 4.74 Å². The predicted octanol–water partition coefficient (Wildman–Crippen LogP) is 1.60. The average molecular weight is 191 g/mol. The van der Waals surface area contributed by atoms with Gasteiger partial charge in [-0.25, -0.2) is 0 Å². The summed E-state index contributed by atoms with van der Waals surface area (Å²) >= 11 is 0. The molecule has 1 aliphatic rings. The van der Waals surface area contributed by atoms with Crippen molar-refractivity contribution < 1.29 is 9.53 Å². The second-order valence-electron chi connectivity index (χ2n) is 3.41. The van der Waals surface area contributed by atoms with Gasteiger partial charge in [-0.3, -0.25) is 4.79 Å². The minimum absolute atomic E-state index is 0.172. The minimum Gasteiger partial charge on any atom is -0.496 e. The number of anilines is 1. The lowest BCUT2D eigenvalue weighted by Gasteiger charge is -2.26. The number of ether oxygens (including phenoxy) is 1. The first-order valence-electron chi connectivity index (χ1n) is 4.66. The number of fused-ring (bicyclic) bond motifs is 1.